The molecule has 3 nitrogen and oxygen atoms in total. The number of ketones is 1. The average molecular weight is 327 g/mol. The Balaban J connectivity index is 2.09. The van der Waals surface area contributed by atoms with Crippen LogP contribution in [-0.4, -0.2) is 15.8 Å². The third-order valence-corrected chi connectivity index (χ3v) is 4.36. The molecule has 6 heteroatoms. The standard InChI is InChI=1S/C14H12Cl2N2OS/c1-8-11(9(2)19)6-17-14(18-8)20-7-10-3-4-12(15)13(16)5-10/h3-6H,7H2,1-2H3. The second-order valence-electron chi connectivity index (χ2n) is 4.24. The number of hydrogen-bond acceptors (Lipinski definition) is 4. The number of benzene rings is 1. The maximum atomic E-state index is 11.3. The van der Waals surface area contributed by atoms with E-state index in [2.05, 4.69) is 9.97 Å². The monoisotopic (exact) mass is 326 g/mol. The minimum absolute atomic E-state index is 0.0245. The number of Topliss-reactive ketones (excluding diaryl/α,β-unsaturated/α-hetero) is 1. The molecule has 104 valence electrons. The van der Waals surface area contributed by atoms with E-state index in [1.807, 2.05) is 19.1 Å². The summed E-state index contributed by atoms with van der Waals surface area (Å²) in [6, 6.07) is 5.51. The number of thioether (sulfide) groups is 1. The fourth-order valence-electron chi connectivity index (χ4n) is 1.64. The van der Waals surface area contributed by atoms with Gasteiger partial charge in [0.25, 0.3) is 0 Å². The SMILES string of the molecule is CC(=O)c1cnc(SCc2ccc(Cl)c(Cl)c2)nc1C. The van der Waals surface area contributed by atoms with E-state index < -0.39 is 0 Å². The molecule has 0 radical (unpaired) electrons. The third-order valence-electron chi connectivity index (χ3n) is 2.69. The van der Waals surface area contributed by atoms with Crippen LogP contribution >= 0.6 is 35.0 Å². The molecule has 0 aliphatic carbocycles. The lowest BCUT2D eigenvalue weighted by molar-refractivity contribution is 0.101. The Morgan fingerprint density at radius 3 is 2.65 bits per heavy atom. The number of nitrogens with zero attached hydrogens (tertiary/aromatic N) is 2. The Morgan fingerprint density at radius 2 is 2.05 bits per heavy atom. The van der Waals surface area contributed by atoms with Crippen molar-refractivity contribution in [3.05, 3.63) is 51.3 Å². The zero-order valence-corrected chi connectivity index (χ0v) is 13.3. The first-order chi connectivity index (χ1) is 9.47. The van der Waals surface area contributed by atoms with Gasteiger partial charge in [-0.25, -0.2) is 9.97 Å². The normalized spacial score (nSPS) is 10.6. The van der Waals surface area contributed by atoms with Gasteiger partial charge in [0.15, 0.2) is 10.9 Å². The zero-order chi connectivity index (χ0) is 14.7. The van der Waals surface area contributed by atoms with Gasteiger partial charge in [0.05, 0.1) is 21.3 Å². The smallest absolute Gasteiger partial charge is 0.188 e. The molecule has 0 amide bonds. The first-order valence-corrected chi connectivity index (χ1v) is 7.63. The summed E-state index contributed by atoms with van der Waals surface area (Å²) in [6.07, 6.45) is 1.57. The Labute approximate surface area is 131 Å². The molecule has 0 atom stereocenters. The highest BCUT2D eigenvalue weighted by atomic mass is 35.5. The van der Waals surface area contributed by atoms with Crippen LogP contribution in [0.3, 0.4) is 0 Å². The van der Waals surface area contributed by atoms with Crippen LogP contribution in [0, 0.1) is 6.92 Å². The number of rotatable bonds is 4. The van der Waals surface area contributed by atoms with Crippen LogP contribution < -0.4 is 0 Å². The summed E-state index contributed by atoms with van der Waals surface area (Å²) in [5.74, 6) is 0.666. The number of halogens is 2. The third kappa shape index (κ3) is 3.72. The fourth-order valence-corrected chi connectivity index (χ4v) is 2.76. The highest BCUT2D eigenvalue weighted by Crippen LogP contribution is 2.26. The van der Waals surface area contributed by atoms with E-state index in [1.54, 1.807) is 12.3 Å². The predicted octanol–water partition coefficient (Wildman–Crippen LogP) is 4.59. The summed E-state index contributed by atoms with van der Waals surface area (Å²) >= 11 is 13.3. The van der Waals surface area contributed by atoms with Gasteiger partial charge in [-0.2, -0.15) is 0 Å². The van der Waals surface area contributed by atoms with Crippen LogP contribution in [0.5, 0.6) is 0 Å². The van der Waals surface area contributed by atoms with Gasteiger partial charge >= 0.3 is 0 Å². The second-order valence-corrected chi connectivity index (χ2v) is 6.00. The highest BCUT2D eigenvalue weighted by molar-refractivity contribution is 7.98. The lowest BCUT2D eigenvalue weighted by Gasteiger charge is -2.05. The predicted molar refractivity (Wildman–Crippen MR) is 82.8 cm³/mol. The van der Waals surface area contributed by atoms with E-state index in [9.17, 15) is 4.79 Å². The Hall–Kier alpha value is -1.10. The van der Waals surface area contributed by atoms with E-state index in [0.717, 1.165) is 5.56 Å². The summed E-state index contributed by atoms with van der Waals surface area (Å²) in [5.41, 5.74) is 2.30. The van der Waals surface area contributed by atoms with Gasteiger partial charge in [0, 0.05) is 11.9 Å². The molecule has 0 fully saturated rings. The van der Waals surface area contributed by atoms with Crippen molar-refractivity contribution in [3.63, 3.8) is 0 Å². The molecule has 0 spiro atoms. The lowest BCUT2D eigenvalue weighted by Crippen LogP contribution is -2.01. The van der Waals surface area contributed by atoms with E-state index in [1.165, 1.54) is 18.7 Å². The first kappa shape index (κ1) is 15.3. The Bertz CT molecular complexity index is 662. The molecule has 0 saturated carbocycles. The van der Waals surface area contributed by atoms with Gasteiger partial charge in [-0.3, -0.25) is 4.79 Å². The number of hydrogen-bond donors (Lipinski definition) is 0. The molecule has 0 aliphatic rings. The highest BCUT2D eigenvalue weighted by Gasteiger charge is 2.08. The van der Waals surface area contributed by atoms with Gasteiger partial charge in [-0.15, -0.1) is 0 Å². The number of carbonyl (C=O) groups excluding carboxylic acids is 1. The van der Waals surface area contributed by atoms with Crippen molar-refractivity contribution >= 4 is 40.7 Å². The summed E-state index contributed by atoms with van der Waals surface area (Å²) in [5, 5.41) is 1.71. The molecule has 1 aromatic heterocycles. The summed E-state index contributed by atoms with van der Waals surface area (Å²) in [4.78, 5) is 19.8. The molecule has 0 N–H and O–H groups in total. The van der Waals surface area contributed by atoms with Crippen LogP contribution in [0.15, 0.2) is 29.6 Å². The minimum Gasteiger partial charge on any atom is -0.294 e. The van der Waals surface area contributed by atoms with Gasteiger partial charge in [-0.05, 0) is 31.5 Å². The molecule has 2 aromatic rings. The largest absolute Gasteiger partial charge is 0.294 e. The van der Waals surface area contributed by atoms with E-state index >= 15 is 0 Å². The summed E-state index contributed by atoms with van der Waals surface area (Å²) < 4.78 is 0. The van der Waals surface area contributed by atoms with Crippen molar-refractivity contribution in [2.45, 2.75) is 24.8 Å². The molecule has 0 aliphatic heterocycles. The van der Waals surface area contributed by atoms with E-state index in [-0.39, 0.29) is 5.78 Å². The maximum Gasteiger partial charge on any atom is 0.188 e. The topological polar surface area (TPSA) is 42.9 Å². The molecule has 0 saturated heterocycles. The molecule has 2 rings (SSSR count). The van der Waals surface area contributed by atoms with Crippen molar-refractivity contribution in [2.24, 2.45) is 0 Å². The number of aromatic nitrogens is 2. The Morgan fingerprint density at radius 1 is 1.30 bits per heavy atom. The average Bonchev–Trinajstić information content (AvgIpc) is 2.40. The second kappa shape index (κ2) is 6.57. The van der Waals surface area contributed by atoms with Crippen molar-refractivity contribution in [1.29, 1.82) is 0 Å². The van der Waals surface area contributed by atoms with Crippen LogP contribution in [-0.2, 0) is 5.75 Å². The van der Waals surface area contributed by atoms with Gasteiger partial charge in [-0.1, -0.05) is 41.0 Å². The zero-order valence-electron chi connectivity index (χ0n) is 11.0. The van der Waals surface area contributed by atoms with Crippen molar-refractivity contribution in [1.82, 2.24) is 9.97 Å². The molecular formula is C14H12Cl2N2OS. The number of carbonyl (C=O) groups is 1. The van der Waals surface area contributed by atoms with E-state index in [0.29, 0.717) is 32.2 Å². The van der Waals surface area contributed by atoms with Crippen LogP contribution in [0.4, 0.5) is 0 Å². The van der Waals surface area contributed by atoms with Crippen molar-refractivity contribution in [3.8, 4) is 0 Å². The Kier molecular flexibility index (Phi) is 5.02. The number of aryl methyl sites for hydroxylation is 1. The molecule has 0 bridgehead atoms. The lowest BCUT2D eigenvalue weighted by atomic mass is 10.2. The summed E-state index contributed by atoms with van der Waals surface area (Å²) in [7, 11) is 0. The van der Waals surface area contributed by atoms with Crippen molar-refractivity contribution in [2.75, 3.05) is 0 Å². The molecule has 20 heavy (non-hydrogen) atoms. The quantitative estimate of drug-likeness (QED) is 0.468. The van der Waals surface area contributed by atoms with Crippen LogP contribution in [0.25, 0.3) is 0 Å². The van der Waals surface area contributed by atoms with E-state index in [4.69, 9.17) is 23.2 Å². The van der Waals surface area contributed by atoms with Gasteiger partial charge in [0.1, 0.15) is 0 Å². The first-order valence-electron chi connectivity index (χ1n) is 5.88. The van der Waals surface area contributed by atoms with Gasteiger partial charge in [0.2, 0.25) is 0 Å². The molecule has 1 aromatic carbocycles. The maximum absolute atomic E-state index is 11.3. The molecular weight excluding hydrogens is 315 g/mol. The molecule has 0 unspecified atom stereocenters. The molecule has 1 heterocycles. The summed E-state index contributed by atoms with van der Waals surface area (Å²) in [6.45, 7) is 3.32. The fraction of sp³-hybridized carbons (Fsp3) is 0.214. The van der Waals surface area contributed by atoms with Crippen LogP contribution in [0.1, 0.15) is 28.5 Å². The van der Waals surface area contributed by atoms with Gasteiger partial charge < -0.3 is 0 Å². The van der Waals surface area contributed by atoms with Crippen LogP contribution in [0.2, 0.25) is 10.0 Å². The van der Waals surface area contributed by atoms with Crippen molar-refractivity contribution < 1.29 is 4.79 Å². The minimum atomic E-state index is -0.0245.